The molecule has 2 N–H and O–H groups in total. The molecule has 2 atom stereocenters. The van der Waals surface area contributed by atoms with E-state index in [1.165, 1.54) is 6.42 Å². The van der Waals surface area contributed by atoms with Crippen LogP contribution in [0.2, 0.25) is 0 Å². The average molecular weight is 278 g/mol. The molecular formula is C16H26N2O2. The fourth-order valence-corrected chi connectivity index (χ4v) is 4.66. The van der Waals surface area contributed by atoms with Gasteiger partial charge in [-0.2, -0.15) is 0 Å². The Bertz CT molecular complexity index is 391. The van der Waals surface area contributed by atoms with Gasteiger partial charge in [0.25, 0.3) is 0 Å². The van der Waals surface area contributed by atoms with E-state index in [4.69, 9.17) is 5.73 Å². The molecule has 0 bridgehead atoms. The molecule has 4 nitrogen and oxygen atoms in total. The van der Waals surface area contributed by atoms with E-state index in [2.05, 4.69) is 6.92 Å². The lowest BCUT2D eigenvalue weighted by Gasteiger charge is -2.43. The number of amides is 2. The van der Waals surface area contributed by atoms with Crippen LogP contribution in [0, 0.1) is 17.8 Å². The van der Waals surface area contributed by atoms with Crippen molar-refractivity contribution in [3.63, 3.8) is 0 Å². The number of imide groups is 1. The van der Waals surface area contributed by atoms with Crippen LogP contribution in [0.15, 0.2) is 0 Å². The number of nitrogens with zero attached hydrogens (tertiary/aromatic N) is 1. The van der Waals surface area contributed by atoms with Gasteiger partial charge in [0.15, 0.2) is 0 Å². The van der Waals surface area contributed by atoms with Crippen LogP contribution in [0.3, 0.4) is 0 Å². The number of hydrogen-bond donors (Lipinski definition) is 1. The molecule has 2 unspecified atom stereocenters. The standard InChI is InChI=1S/C16H26N2O2/c1-2-11-8-12-13(9-11)15(20)18(14(12)19)16(10-17)6-4-3-5-7-16/h11-13H,2-10,17H2,1H3. The zero-order valence-corrected chi connectivity index (χ0v) is 12.4. The van der Waals surface area contributed by atoms with Gasteiger partial charge in [-0.25, -0.2) is 0 Å². The monoisotopic (exact) mass is 278 g/mol. The van der Waals surface area contributed by atoms with Crippen LogP contribution >= 0.6 is 0 Å². The van der Waals surface area contributed by atoms with E-state index < -0.39 is 0 Å². The first-order chi connectivity index (χ1) is 9.63. The molecule has 3 rings (SSSR count). The van der Waals surface area contributed by atoms with Crippen molar-refractivity contribution in [1.29, 1.82) is 0 Å². The van der Waals surface area contributed by atoms with Gasteiger partial charge in [-0.15, -0.1) is 0 Å². The van der Waals surface area contributed by atoms with Gasteiger partial charge in [0.05, 0.1) is 17.4 Å². The second kappa shape index (κ2) is 5.14. The molecule has 0 radical (unpaired) electrons. The third-order valence-electron chi connectivity index (χ3n) is 5.95. The van der Waals surface area contributed by atoms with Crippen LogP contribution in [-0.2, 0) is 9.59 Å². The predicted molar refractivity (Wildman–Crippen MR) is 76.7 cm³/mol. The molecule has 1 saturated heterocycles. The zero-order valence-electron chi connectivity index (χ0n) is 12.4. The highest BCUT2D eigenvalue weighted by atomic mass is 16.2. The molecule has 4 heteroatoms. The van der Waals surface area contributed by atoms with Crippen molar-refractivity contribution in [3.8, 4) is 0 Å². The Morgan fingerprint density at radius 1 is 1.10 bits per heavy atom. The summed E-state index contributed by atoms with van der Waals surface area (Å²) < 4.78 is 0. The van der Waals surface area contributed by atoms with Crippen molar-refractivity contribution < 1.29 is 9.59 Å². The van der Waals surface area contributed by atoms with Gasteiger partial charge in [0.2, 0.25) is 11.8 Å². The summed E-state index contributed by atoms with van der Waals surface area (Å²) in [6, 6.07) is 0. The maximum atomic E-state index is 12.8. The van der Waals surface area contributed by atoms with Crippen molar-refractivity contribution in [2.75, 3.05) is 6.54 Å². The highest BCUT2D eigenvalue weighted by molar-refractivity contribution is 6.06. The van der Waals surface area contributed by atoms with Crippen molar-refractivity contribution in [2.45, 2.75) is 63.8 Å². The van der Waals surface area contributed by atoms with Crippen molar-refractivity contribution in [2.24, 2.45) is 23.5 Å². The molecule has 1 aliphatic heterocycles. The van der Waals surface area contributed by atoms with E-state index in [1.807, 2.05) is 0 Å². The van der Waals surface area contributed by atoms with E-state index >= 15 is 0 Å². The minimum Gasteiger partial charge on any atom is -0.328 e. The van der Waals surface area contributed by atoms with Crippen LogP contribution < -0.4 is 5.73 Å². The summed E-state index contributed by atoms with van der Waals surface area (Å²) in [6.07, 6.45) is 8.06. The number of nitrogens with two attached hydrogens (primary N) is 1. The lowest BCUT2D eigenvalue weighted by atomic mass is 9.80. The second-order valence-corrected chi connectivity index (χ2v) is 6.96. The first-order valence-electron chi connectivity index (χ1n) is 8.21. The molecule has 2 amide bonds. The summed E-state index contributed by atoms with van der Waals surface area (Å²) in [7, 11) is 0. The molecule has 0 aromatic heterocycles. The lowest BCUT2D eigenvalue weighted by Crippen LogP contribution is -2.58. The summed E-state index contributed by atoms with van der Waals surface area (Å²) >= 11 is 0. The number of fused-ring (bicyclic) bond motifs is 1. The zero-order chi connectivity index (χ0) is 14.3. The third-order valence-corrected chi connectivity index (χ3v) is 5.95. The van der Waals surface area contributed by atoms with Gasteiger partial charge in [-0.05, 0) is 31.6 Å². The van der Waals surface area contributed by atoms with Crippen LogP contribution in [-0.4, -0.2) is 28.8 Å². The predicted octanol–water partition coefficient (Wildman–Crippen LogP) is 2.07. The van der Waals surface area contributed by atoms with Crippen molar-refractivity contribution in [3.05, 3.63) is 0 Å². The average Bonchev–Trinajstić information content (AvgIpc) is 3.00. The van der Waals surface area contributed by atoms with Gasteiger partial charge >= 0.3 is 0 Å². The van der Waals surface area contributed by atoms with Crippen LogP contribution in [0.5, 0.6) is 0 Å². The van der Waals surface area contributed by atoms with E-state index in [9.17, 15) is 9.59 Å². The van der Waals surface area contributed by atoms with Gasteiger partial charge in [0.1, 0.15) is 0 Å². The number of rotatable bonds is 3. The summed E-state index contributed by atoms with van der Waals surface area (Å²) in [5.74, 6) is 0.641. The molecule has 3 fully saturated rings. The number of likely N-dealkylation sites (tertiary alicyclic amines) is 1. The van der Waals surface area contributed by atoms with E-state index in [-0.39, 0.29) is 29.2 Å². The Morgan fingerprint density at radius 2 is 1.65 bits per heavy atom. The number of hydrogen-bond acceptors (Lipinski definition) is 3. The fraction of sp³-hybridized carbons (Fsp3) is 0.875. The van der Waals surface area contributed by atoms with E-state index in [0.717, 1.165) is 44.9 Å². The summed E-state index contributed by atoms with van der Waals surface area (Å²) in [5, 5.41) is 0. The number of carbonyl (C=O) groups is 2. The minimum atomic E-state index is -0.363. The maximum absolute atomic E-state index is 12.8. The minimum absolute atomic E-state index is 0.0437. The molecule has 0 aromatic rings. The van der Waals surface area contributed by atoms with E-state index in [1.54, 1.807) is 4.90 Å². The SMILES string of the molecule is CCC1CC2C(=O)N(C3(CN)CCCCC3)C(=O)C2C1. The van der Waals surface area contributed by atoms with Crippen LogP contribution in [0.25, 0.3) is 0 Å². The Morgan fingerprint density at radius 3 is 2.10 bits per heavy atom. The molecule has 112 valence electrons. The third kappa shape index (κ3) is 1.92. The molecule has 2 saturated carbocycles. The molecular weight excluding hydrogens is 252 g/mol. The fourth-order valence-electron chi connectivity index (χ4n) is 4.66. The van der Waals surface area contributed by atoms with Crippen molar-refractivity contribution in [1.82, 2.24) is 4.90 Å². The molecule has 0 spiro atoms. The topological polar surface area (TPSA) is 63.4 Å². The molecule has 20 heavy (non-hydrogen) atoms. The van der Waals surface area contributed by atoms with Crippen molar-refractivity contribution >= 4 is 11.8 Å². The van der Waals surface area contributed by atoms with Crippen LogP contribution in [0.4, 0.5) is 0 Å². The first kappa shape index (κ1) is 14.1. The Balaban J connectivity index is 1.85. The lowest BCUT2D eigenvalue weighted by molar-refractivity contribution is -0.149. The number of carbonyl (C=O) groups excluding carboxylic acids is 2. The highest BCUT2D eigenvalue weighted by Gasteiger charge is 2.57. The smallest absolute Gasteiger partial charge is 0.233 e. The summed E-state index contributed by atoms with van der Waals surface area (Å²) in [4.78, 5) is 27.2. The molecule has 0 aromatic carbocycles. The Hall–Kier alpha value is -0.900. The van der Waals surface area contributed by atoms with Gasteiger partial charge in [-0.3, -0.25) is 14.5 Å². The molecule has 3 aliphatic rings. The maximum Gasteiger partial charge on any atom is 0.233 e. The van der Waals surface area contributed by atoms with E-state index in [0.29, 0.717) is 12.5 Å². The highest BCUT2D eigenvalue weighted by Crippen LogP contribution is 2.48. The van der Waals surface area contributed by atoms with Gasteiger partial charge < -0.3 is 5.73 Å². The van der Waals surface area contributed by atoms with Crippen LogP contribution in [0.1, 0.15) is 58.3 Å². The second-order valence-electron chi connectivity index (χ2n) is 6.96. The van der Waals surface area contributed by atoms with Gasteiger partial charge in [0, 0.05) is 6.54 Å². The van der Waals surface area contributed by atoms with Gasteiger partial charge in [-0.1, -0.05) is 32.6 Å². The summed E-state index contributed by atoms with van der Waals surface area (Å²) in [5.41, 5.74) is 5.64. The first-order valence-corrected chi connectivity index (χ1v) is 8.21. The Kier molecular flexibility index (Phi) is 3.61. The molecule has 2 aliphatic carbocycles. The quantitative estimate of drug-likeness (QED) is 0.804. The molecule has 1 heterocycles. The Labute approximate surface area is 121 Å². The summed E-state index contributed by atoms with van der Waals surface area (Å²) in [6.45, 7) is 2.59. The largest absolute Gasteiger partial charge is 0.328 e. The normalized spacial score (nSPS) is 36.5.